The van der Waals surface area contributed by atoms with Crippen LogP contribution in [0.15, 0.2) is 53.4 Å². The highest BCUT2D eigenvalue weighted by Gasteiger charge is 2.33. The molecule has 0 spiro atoms. The first-order valence-electron chi connectivity index (χ1n) is 9.91. The van der Waals surface area contributed by atoms with Crippen molar-refractivity contribution in [1.82, 2.24) is 9.62 Å². The standard InChI is InChI=1S/C22H28N2O5S/c1-16-4-10-20(11-5-16)30(26,27)23-21(18-6-8-19(28-3)9-7-18)17(2)22(25)24-12-14-29-15-13-24/h4-11,17,21,23H,12-15H2,1-3H3/t17-,21+/m1/s1. The fourth-order valence-electron chi connectivity index (χ4n) is 3.44. The summed E-state index contributed by atoms with van der Waals surface area (Å²) in [4.78, 5) is 15.0. The summed E-state index contributed by atoms with van der Waals surface area (Å²) >= 11 is 0. The Kier molecular flexibility index (Phi) is 7.12. The van der Waals surface area contributed by atoms with Crippen molar-refractivity contribution >= 4 is 15.9 Å². The predicted octanol–water partition coefficient (Wildman–Crippen LogP) is 2.52. The number of sulfonamides is 1. The average molecular weight is 433 g/mol. The second-order valence-corrected chi connectivity index (χ2v) is 9.13. The van der Waals surface area contributed by atoms with Crippen molar-refractivity contribution in [1.29, 1.82) is 0 Å². The minimum Gasteiger partial charge on any atom is -0.497 e. The van der Waals surface area contributed by atoms with Gasteiger partial charge in [-0.2, -0.15) is 0 Å². The van der Waals surface area contributed by atoms with E-state index in [1.165, 1.54) is 0 Å². The predicted molar refractivity (Wildman–Crippen MR) is 114 cm³/mol. The number of methoxy groups -OCH3 is 1. The van der Waals surface area contributed by atoms with E-state index in [2.05, 4.69) is 4.72 Å². The summed E-state index contributed by atoms with van der Waals surface area (Å²) in [5, 5.41) is 0. The third-order valence-electron chi connectivity index (χ3n) is 5.30. The van der Waals surface area contributed by atoms with Gasteiger partial charge >= 0.3 is 0 Å². The molecule has 0 bridgehead atoms. The molecule has 1 fully saturated rings. The Labute approximate surface area is 178 Å². The van der Waals surface area contributed by atoms with Gasteiger partial charge in [0.2, 0.25) is 15.9 Å². The minimum atomic E-state index is -3.83. The first-order valence-corrected chi connectivity index (χ1v) is 11.4. The highest BCUT2D eigenvalue weighted by molar-refractivity contribution is 7.89. The summed E-state index contributed by atoms with van der Waals surface area (Å²) in [5.41, 5.74) is 1.66. The van der Waals surface area contributed by atoms with Crippen molar-refractivity contribution < 1.29 is 22.7 Å². The largest absolute Gasteiger partial charge is 0.497 e. The van der Waals surface area contributed by atoms with Crippen molar-refractivity contribution in [2.75, 3.05) is 33.4 Å². The number of nitrogens with one attached hydrogen (secondary N) is 1. The number of aryl methyl sites for hydroxylation is 1. The molecule has 2 aromatic carbocycles. The van der Waals surface area contributed by atoms with E-state index < -0.39 is 22.0 Å². The van der Waals surface area contributed by atoms with E-state index >= 15 is 0 Å². The molecule has 0 aromatic heterocycles. The molecule has 2 atom stereocenters. The summed E-state index contributed by atoms with van der Waals surface area (Å²) in [6.07, 6.45) is 0. The smallest absolute Gasteiger partial charge is 0.241 e. The molecule has 3 rings (SSSR count). The number of hydrogen-bond donors (Lipinski definition) is 1. The molecular formula is C22H28N2O5S. The van der Waals surface area contributed by atoms with Crippen LogP contribution >= 0.6 is 0 Å². The van der Waals surface area contributed by atoms with E-state index in [0.717, 1.165) is 5.56 Å². The Morgan fingerprint density at radius 1 is 1.07 bits per heavy atom. The molecule has 1 N–H and O–H groups in total. The maximum absolute atomic E-state index is 13.1. The van der Waals surface area contributed by atoms with Gasteiger partial charge in [-0.25, -0.2) is 13.1 Å². The fraction of sp³-hybridized carbons (Fsp3) is 0.409. The molecule has 2 aromatic rings. The zero-order valence-electron chi connectivity index (χ0n) is 17.5. The van der Waals surface area contributed by atoms with Crippen LogP contribution in [0.4, 0.5) is 0 Å². The summed E-state index contributed by atoms with van der Waals surface area (Å²) in [5.74, 6) is -0.0477. The lowest BCUT2D eigenvalue weighted by Crippen LogP contribution is -2.46. The molecule has 7 nitrogen and oxygen atoms in total. The maximum Gasteiger partial charge on any atom is 0.241 e. The SMILES string of the molecule is COc1ccc([C@@H](NS(=O)(=O)c2ccc(C)cc2)[C@@H](C)C(=O)N2CCOCC2)cc1. The van der Waals surface area contributed by atoms with Gasteiger partial charge in [-0.05, 0) is 36.8 Å². The summed E-state index contributed by atoms with van der Waals surface area (Å²) in [6.45, 7) is 5.63. The van der Waals surface area contributed by atoms with Crippen molar-refractivity contribution in [3.8, 4) is 5.75 Å². The Bertz CT molecular complexity index is 952. The van der Waals surface area contributed by atoms with E-state index in [0.29, 0.717) is 37.6 Å². The molecule has 1 aliphatic rings. The van der Waals surface area contributed by atoms with Gasteiger partial charge in [0.1, 0.15) is 5.75 Å². The topological polar surface area (TPSA) is 84.9 Å². The first kappa shape index (κ1) is 22.3. The third kappa shape index (κ3) is 5.19. The number of carbonyl (C=O) groups is 1. The zero-order valence-corrected chi connectivity index (χ0v) is 18.3. The van der Waals surface area contributed by atoms with E-state index in [4.69, 9.17) is 9.47 Å². The molecule has 8 heteroatoms. The average Bonchev–Trinajstić information content (AvgIpc) is 2.77. The molecule has 0 unspecified atom stereocenters. The number of morpholine rings is 1. The van der Waals surface area contributed by atoms with Crippen molar-refractivity contribution in [2.45, 2.75) is 24.8 Å². The van der Waals surface area contributed by atoms with E-state index in [1.807, 2.05) is 6.92 Å². The van der Waals surface area contributed by atoms with Crippen molar-refractivity contribution in [3.05, 3.63) is 59.7 Å². The van der Waals surface area contributed by atoms with Gasteiger partial charge in [-0.1, -0.05) is 36.8 Å². The Balaban J connectivity index is 1.91. The number of carbonyl (C=O) groups excluding carboxylic acids is 1. The highest BCUT2D eigenvalue weighted by atomic mass is 32.2. The van der Waals surface area contributed by atoms with E-state index in [-0.39, 0.29) is 10.8 Å². The van der Waals surface area contributed by atoms with Gasteiger partial charge in [0.05, 0.1) is 37.2 Å². The van der Waals surface area contributed by atoms with Gasteiger partial charge in [0.15, 0.2) is 0 Å². The summed E-state index contributed by atoms with van der Waals surface area (Å²) in [6, 6.07) is 13.0. The highest BCUT2D eigenvalue weighted by Crippen LogP contribution is 2.28. The molecule has 0 radical (unpaired) electrons. The van der Waals surface area contributed by atoms with Crippen LogP contribution in [0.5, 0.6) is 5.75 Å². The van der Waals surface area contributed by atoms with Crippen LogP contribution in [0.1, 0.15) is 24.1 Å². The normalized spacial score (nSPS) is 16.7. The number of nitrogens with zero attached hydrogens (tertiary/aromatic N) is 1. The van der Waals surface area contributed by atoms with Crippen LogP contribution in [0.25, 0.3) is 0 Å². The number of ether oxygens (including phenoxy) is 2. The minimum absolute atomic E-state index is 0.106. The molecule has 0 saturated carbocycles. The monoisotopic (exact) mass is 432 g/mol. The Morgan fingerprint density at radius 2 is 1.67 bits per heavy atom. The molecule has 1 saturated heterocycles. The van der Waals surface area contributed by atoms with Gasteiger partial charge in [-0.15, -0.1) is 0 Å². The number of hydrogen-bond acceptors (Lipinski definition) is 5. The molecule has 1 aliphatic heterocycles. The van der Waals surface area contributed by atoms with Crippen molar-refractivity contribution in [2.24, 2.45) is 5.92 Å². The van der Waals surface area contributed by atoms with Gasteiger partial charge in [-0.3, -0.25) is 4.79 Å². The molecule has 1 amide bonds. The number of amides is 1. The van der Waals surface area contributed by atoms with Gasteiger partial charge < -0.3 is 14.4 Å². The molecular weight excluding hydrogens is 404 g/mol. The Morgan fingerprint density at radius 3 is 2.23 bits per heavy atom. The van der Waals surface area contributed by atoms with Crippen molar-refractivity contribution in [3.63, 3.8) is 0 Å². The molecule has 1 heterocycles. The van der Waals surface area contributed by atoms with Crippen LogP contribution in [0.3, 0.4) is 0 Å². The second-order valence-electron chi connectivity index (χ2n) is 7.41. The third-order valence-corrected chi connectivity index (χ3v) is 6.76. The van der Waals surface area contributed by atoms with Gasteiger partial charge in [0, 0.05) is 13.1 Å². The quantitative estimate of drug-likeness (QED) is 0.727. The Hall–Kier alpha value is -2.42. The van der Waals surface area contributed by atoms with Gasteiger partial charge in [0.25, 0.3) is 0 Å². The fourth-order valence-corrected chi connectivity index (χ4v) is 4.74. The van der Waals surface area contributed by atoms with Crippen LogP contribution in [-0.2, 0) is 19.6 Å². The number of benzene rings is 2. The lowest BCUT2D eigenvalue weighted by molar-refractivity contribution is -0.139. The summed E-state index contributed by atoms with van der Waals surface area (Å²) in [7, 11) is -2.26. The molecule has 0 aliphatic carbocycles. The van der Waals surface area contributed by atoms with Crippen LogP contribution < -0.4 is 9.46 Å². The molecule has 162 valence electrons. The lowest BCUT2D eigenvalue weighted by Gasteiger charge is -2.32. The molecule has 30 heavy (non-hydrogen) atoms. The first-order chi connectivity index (χ1) is 14.3. The van der Waals surface area contributed by atoms with Crippen LogP contribution in [-0.4, -0.2) is 52.6 Å². The maximum atomic E-state index is 13.1. The van der Waals surface area contributed by atoms with E-state index in [9.17, 15) is 13.2 Å². The van der Waals surface area contributed by atoms with Crippen LogP contribution in [0.2, 0.25) is 0 Å². The summed E-state index contributed by atoms with van der Waals surface area (Å²) < 4.78 is 39.4. The zero-order chi connectivity index (χ0) is 21.7. The van der Waals surface area contributed by atoms with E-state index in [1.54, 1.807) is 67.5 Å². The number of rotatable bonds is 7. The van der Waals surface area contributed by atoms with Crippen LogP contribution in [0, 0.1) is 12.8 Å². The lowest BCUT2D eigenvalue weighted by atomic mass is 9.94. The second kappa shape index (κ2) is 9.59.